The summed E-state index contributed by atoms with van der Waals surface area (Å²) in [5.74, 6) is -1.56. The van der Waals surface area contributed by atoms with Gasteiger partial charge < -0.3 is 16.2 Å². The molecule has 0 spiro atoms. The van der Waals surface area contributed by atoms with Crippen LogP contribution in [0.5, 0.6) is 5.75 Å². The molecule has 1 amide bonds. The Bertz CT molecular complexity index is 465. The van der Waals surface area contributed by atoms with Crippen molar-refractivity contribution in [3.05, 3.63) is 24.0 Å². The topological polar surface area (TPSA) is 75.4 Å². The Morgan fingerprint density at radius 2 is 2.05 bits per heavy atom. The number of nitrogens with two attached hydrogens (primary N) is 1. The number of anilines is 1. The molecule has 1 aliphatic rings. The minimum Gasteiger partial charge on any atom is -0.505 e. The second-order valence-corrected chi connectivity index (χ2v) is 5.06. The monoisotopic (exact) mass is 266 g/mol. The van der Waals surface area contributed by atoms with Crippen molar-refractivity contribution in [1.29, 1.82) is 0 Å². The second-order valence-electron chi connectivity index (χ2n) is 5.06. The molecule has 5 heteroatoms. The van der Waals surface area contributed by atoms with Crippen molar-refractivity contribution >= 4 is 11.6 Å². The predicted octanol–water partition coefficient (Wildman–Crippen LogP) is 2.38. The van der Waals surface area contributed by atoms with E-state index in [2.05, 4.69) is 5.32 Å². The van der Waals surface area contributed by atoms with Crippen molar-refractivity contribution < 1.29 is 14.3 Å². The van der Waals surface area contributed by atoms with Crippen LogP contribution in [-0.2, 0) is 4.79 Å². The molecule has 0 bridgehead atoms. The van der Waals surface area contributed by atoms with E-state index in [1.165, 1.54) is 12.1 Å². The highest BCUT2D eigenvalue weighted by Crippen LogP contribution is 2.25. The van der Waals surface area contributed by atoms with Crippen molar-refractivity contribution in [3.63, 3.8) is 0 Å². The third kappa shape index (κ3) is 3.44. The van der Waals surface area contributed by atoms with E-state index in [1.807, 2.05) is 0 Å². The summed E-state index contributed by atoms with van der Waals surface area (Å²) in [4.78, 5) is 12.2. The Labute approximate surface area is 111 Å². The molecule has 1 aromatic carbocycles. The number of benzene rings is 1. The zero-order chi connectivity index (χ0) is 13.8. The van der Waals surface area contributed by atoms with Gasteiger partial charge in [-0.1, -0.05) is 19.3 Å². The van der Waals surface area contributed by atoms with E-state index < -0.39 is 11.6 Å². The molecule has 2 rings (SSSR count). The van der Waals surface area contributed by atoms with Gasteiger partial charge in [-0.15, -0.1) is 0 Å². The smallest absolute Gasteiger partial charge is 0.229 e. The highest BCUT2D eigenvalue weighted by Gasteiger charge is 2.27. The molecule has 4 nitrogen and oxygen atoms in total. The van der Waals surface area contributed by atoms with Crippen LogP contribution < -0.4 is 11.1 Å². The zero-order valence-corrected chi connectivity index (χ0v) is 10.7. The maximum absolute atomic E-state index is 13.2. The first-order chi connectivity index (χ1) is 9.08. The Kier molecular flexibility index (Phi) is 4.37. The van der Waals surface area contributed by atoms with Crippen LogP contribution >= 0.6 is 0 Å². The summed E-state index contributed by atoms with van der Waals surface area (Å²) in [6, 6.07) is 3.66. The maximum atomic E-state index is 13.2. The van der Waals surface area contributed by atoms with Gasteiger partial charge in [0.2, 0.25) is 5.91 Å². The van der Waals surface area contributed by atoms with E-state index >= 15 is 0 Å². The van der Waals surface area contributed by atoms with E-state index in [0.29, 0.717) is 5.69 Å². The van der Waals surface area contributed by atoms with Gasteiger partial charge in [-0.3, -0.25) is 4.79 Å². The number of phenolic OH excluding ortho intramolecular Hbond substituents is 1. The van der Waals surface area contributed by atoms with E-state index in [9.17, 15) is 9.18 Å². The van der Waals surface area contributed by atoms with Crippen molar-refractivity contribution in [2.24, 2.45) is 11.7 Å². The summed E-state index contributed by atoms with van der Waals surface area (Å²) < 4.78 is 13.2. The highest BCUT2D eigenvalue weighted by atomic mass is 19.1. The van der Waals surface area contributed by atoms with E-state index in [1.54, 1.807) is 0 Å². The molecule has 1 aromatic rings. The Morgan fingerprint density at radius 1 is 1.32 bits per heavy atom. The molecule has 1 aliphatic carbocycles. The lowest BCUT2D eigenvalue weighted by atomic mass is 9.94. The molecule has 19 heavy (non-hydrogen) atoms. The fourth-order valence-electron chi connectivity index (χ4n) is 2.48. The zero-order valence-electron chi connectivity index (χ0n) is 10.7. The highest BCUT2D eigenvalue weighted by molar-refractivity contribution is 5.93. The third-order valence-electron chi connectivity index (χ3n) is 3.62. The van der Waals surface area contributed by atoms with E-state index in [0.717, 1.165) is 38.2 Å². The first kappa shape index (κ1) is 13.8. The molecule has 2 unspecified atom stereocenters. The lowest BCUT2D eigenvalue weighted by Gasteiger charge is -2.20. The number of hydrogen-bond acceptors (Lipinski definition) is 3. The lowest BCUT2D eigenvalue weighted by Crippen LogP contribution is -2.37. The molecule has 104 valence electrons. The van der Waals surface area contributed by atoms with Crippen molar-refractivity contribution in [1.82, 2.24) is 0 Å². The number of carbonyl (C=O) groups excluding carboxylic acids is 1. The molecule has 0 heterocycles. The Balaban J connectivity index is 2.04. The minimum atomic E-state index is -0.747. The average molecular weight is 266 g/mol. The SMILES string of the molecule is NC1CCCCCC1C(=O)Nc1ccc(O)c(F)c1. The van der Waals surface area contributed by atoms with Crippen molar-refractivity contribution in [2.75, 3.05) is 5.32 Å². The number of hydrogen-bond donors (Lipinski definition) is 3. The summed E-state index contributed by atoms with van der Waals surface area (Å²) in [6.07, 6.45) is 4.77. The normalized spacial score (nSPS) is 23.7. The Hall–Kier alpha value is -1.62. The van der Waals surface area contributed by atoms with Crippen LogP contribution in [0.15, 0.2) is 18.2 Å². The number of rotatable bonds is 2. The van der Waals surface area contributed by atoms with Crippen LogP contribution in [0.4, 0.5) is 10.1 Å². The van der Waals surface area contributed by atoms with Gasteiger partial charge in [0.15, 0.2) is 11.6 Å². The van der Waals surface area contributed by atoms with Gasteiger partial charge in [0.1, 0.15) is 0 Å². The lowest BCUT2D eigenvalue weighted by molar-refractivity contribution is -0.120. The van der Waals surface area contributed by atoms with Gasteiger partial charge in [-0.05, 0) is 25.0 Å². The number of halogens is 1. The minimum absolute atomic E-state index is 0.135. The van der Waals surface area contributed by atoms with Crippen LogP contribution in [0.25, 0.3) is 0 Å². The van der Waals surface area contributed by atoms with Gasteiger partial charge in [0.25, 0.3) is 0 Å². The molecule has 0 aromatic heterocycles. The van der Waals surface area contributed by atoms with Crippen LogP contribution in [-0.4, -0.2) is 17.1 Å². The van der Waals surface area contributed by atoms with Crippen LogP contribution in [0.3, 0.4) is 0 Å². The first-order valence-corrected chi connectivity index (χ1v) is 6.63. The molecule has 1 saturated carbocycles. The summed E-state index contributed by atoms with van der Waals surface area (Å²) in [5, 5.41) is 11.8. The third-order valence-corrected chi connectivity index (χ3v) is 3.62. The molecule has 0 aliphatic heterocycles. The van der Waals surface area contributed by atoms with Crippen molar-refractivity contribution in [3.8, 4) is 5.75 Å². The van der Waals surface area contributed by atoms with E-state index in [-0.39, 0.29) is 17.9 Å². The van der Waals surface area contributed by atoms with Crippen LogP contribution in [0.1, 0.15) is 32.1 Å². The number of carbonyl (C=O) groups is 1. The Morgan fingerprint density at radius 3 is 2.79 bits per heavy atom. The largest absolute Gasteiger partial charge is 0.505 e. The molecule has 2 atom stereocenters. The number of phenols is 1. The summed E-state index contributed by atoms with van der Waals surface area (Å²) in [6.45, 7) is 0. The molecule has 4 N–H and O–H groups in total. The van der Waals surface area contributed by atoms with Crippen molar-refractivity contribution in [2.45, 2.75) is 38.1 Å². The summed E-state index contributed by atoms with van der Waals surface area (Å²) >= 11 is 0. The van der Waals surface area contributed by atoms with Gasteiger partial charge >= 0.3 is 0 Å². The molecule has 1 fully saturated rings. The maximum Gasteiger partial charge on any atom is 0.229 e. The summed E-state index contributed by atoms with van der Waals surface area (Å²) in [7, 11) is 0. The number of amides is 1. The fourth-order valence-corrected chi connectivity index (χ4v) is 2.48. The van der Waals surface area contributed by atoms with Crippen LogP contribution in [0, 0.1) is 11.7 Å². The number of aromatic hydroxyl groups is 1. The van der Waals surface area contributed by atoms with Crippen LogP contribution in [0.2, 0.25) is 0 Å². The van der Waals surface area contributed by atoms with Gasteiger partial charge in [-0.2, -0.15) is 0 Å². The fraction of sp³-hybridized carbons (Fsp3) is 0.500. The van der Waals surface area contributed by atoms with Gasteiger partial charge in [0, 0.05) is 17.8 Å². The first-order valence-electron chi connectivity index (χ1n) is 6.63. The predicted molar refractivity (Wildman–Crippen MR) is 71.2 cm³/mol. The number of nitrogens with one attached hydrogen (secondary N) is 1. The quantitative estimate of drug-likeness (QED) is 0.568. The second kappa shape index (κ2) is 6.02. The molecular formula is C14H19FN2O2. The average Bonchev–Trinajstić information content (AvgIpc) is 2.58. The summed E-state index contributed by atoms with van der Waals surface area (Å²) in [5.41, 5.74) is 6.36. The standard InChI is InChI=1S/C14H19FN2O2/c15-11-8-9(6-7-13(11)18)17-14(19)10-4-2-1-3-5-12(10)16/h6-8,10,12,18H,1-5,16H2,(H,17,19). The van der Waals surface area contributed by atoms with Gasteiger partial charge in [0.05, 0.1) is 5.92 Å². The molecular weight excluding hydrogens is 247 g/mol. The van der Waals surface area contributed by atoms with E-state index in [4.69, 9.17) is 10.8 Å². The van der Waals surface area contributed by atoms with Gasteiger partial charge in [-0.25, -0.2) is 4.39 Å². The molecule has 0 radical (unpaired) electrons. The molecule has 0 saturated heterocycles.